The molecular formula is C17H21NO4. The summed E-state index contributed by atoms with van der Waals surface area (Å²) in [4.78, 5) is 12.4. The van der Waals surface area contributed by atoms with E-state index >= 15 is 0 Å². The molecule has 0 radical (unpaired) electrons. The van der Waals surface area contributed by atoms with Crippen LogP contribution in [0.1, 0.15) is 23.3 Å². The molecular weight excluding hydrogens is 282 g/mol. The third-order valence-corrected chi connectivity index (χ3v) is 3.96. The SMILES string of the molecule is COCCn1c(C(=O)OC[C@@H]2CCCO2)cc2ccccc21. The van der Waals surface area contributed by atoms with E-state index in [0.717, 1.165) is 30.4 Å². The number of carbonyl (C=O) groups is 1. The van der Waals surface area contributed by atoms with E-state index in [9.17, 15) is 4.79 Å². The maximum Gasteiger partial charge on any atom is 0.355 e. The molecule has 5 heteroatoms. The van der Waals surface area contributed by atoms with Crippen LogP contribution in [0.2, 0.25) is 0 Å². The van der Waals surface area contributed by atoms with Crippen molar-refractivity contribution in [2.24, 2.45) is 0 Å². The van der Waals surface area contributed by atoms with Crippen molar-refractivity contribution in [2.75, 3.05) is 26.9 Å². The predicted molar refractivity (Wildman–Crippen MR) is 83.1 cm³/mol. The molecule has 1 aromatic heterocycles. The largest absolute Gasteiger partial charge is 0.458 e. The molecule has 0 amide bonds. The Kier molecular flexibility index (Phi) is 4.75. The molecule has 5 nitrogen and oxygen atoms in total. The first kappa shape index (κ1) is 15.1. The van der Waals surface area contributed by atoms with Crippen LogP contribution in [0.3, 0.4) is 0 Å². The number of fused-ring (bicyclic) bond motifs is 1. The van der Waals surface area contributed by atoms with E-state index < -0.39 is 0 Å². The van der Waals surface area contributed by atoms with Crippen molar-refractivity contribution in [3.63, 3.8) is 0 Å². The Balaban J connectivity index is 1.79. The molecule has 1 aliphatic rings. The summed E-state index contributed by atoms with van der Waals surface area (Å²) in [5.74, 6) is -0.303. The Bertz CT molecular complexity index is 643. The van der Waals surface area contributed by atoms with Crippen LogP contribution in [0.25, 0.3) is 10.9 Å². The number of esters is 1. The van der Waals surface area contributed by atoms with Gasteiger partial charge in [-0.15, -0.1) is 0 Å². The topological polar surface area (TPSA) is 49.7 Å². The smallest absolute Gasteiger partial charge is 0.355 e. The van der Waals surface area contributed by atoms with E-state index in [1.807, 2.05) is 34.9 Å². The Morgan fingerprint density at radius 2 is 2.27 bits per heavy atom. The van der Waals surface area contributed by atoms with Gasteiger partial charge in [-0.3, -0.25) is 0 Å². The lowest BCUT2D eigenvalue weighted by Crippen LogP contribution is -2.20. The molecule has 3 rings (SSSR count). The summed E-state index contributed by atoms with van der Waals surface area (Å²) in [5.41, 5.74) is 1.58. The highest BCUT2D eigenvalue weighted by Crippen LogP contribution is 2.21. The van der Waals surface area contributed by atoms with Crippen LogP contribution in [-0.4, -0.2) is 43.6 Å². The van der Waals surface area contributed by atoms with E-state index in [4.69, 9.17) is 14.2 Å². The van der Waals surface area contributed by atoms with Crippen molar-refractivity contribution in [1.82, 2.24) is 4.57 Å². The molecule has 0 N–H and O–H groups in total. The number of carbonyl (C=O) groups excluding carboxylic acids is 1. The van der Waals surface area contributed by atoms with Gasteiger partial charge in [0.15, 0.2) is 0 Å². The Morgan fingerprint density at radius 1 is 1.41 bits per heavy atom. The van der Waals surface area contributed by atoms with Crippen molar-refractivity contribution >= 4 is 16.9 Å². The number of ether oxygens (including phenoxy) is 3. The van der Waals surface area contributed by atoms with Gasteiger partial charge in [0, 0.05) is 31.2 Å². The minimum Gasteiger partial charge on any atom is -0.458 e. The molecule has 2 heterocycles. The Labute approximate surface area is 129 Å². The van der Waals surface area contributed by atoms with Crippen molar-refractivity contribution in [1.29, 1.82) is 0 Å². The molecule has 1 atom stereocenters. The normalized spacial score (nSPS) is 18.0. The standard InChI is InChI=1S/C17H21NO4/c1-20-10-8-18-15-7-3-2-5-13(15)11-16(18)17(19)22-12-14-6-4-9-21-14/h2-3,5,7,11,14H,4,6,8-10,12H2,1H3/t14-/m0/s1. The van der Waals surface area contributed by atoms with Gasteiger partial charge in [0.2, 0.25) is 0 Å². The van der Waals surface area contributed by atoms with E-state index in [1.54, 1.807) is 7.11 Å². The average Bonchev–Trinajstić information content (AvgIpc) is 3.18. The number of aromatic nitrogens is 1. The van der Waals surface area contributed by atoms with Gasteiger partial charge in [-0.1, -0.05) is 18.2 Å². The number of benzene rings is 1. The van der Waals surface area contributed by atoms with Crippen LogP contribution in [0.4, 0.5) is 0 Å². The fourth-order valence-corrected chi connectivity index (χ4v) is 2.82. The number of hydrogen-bond acceptors (Lipinski definition) is 4. The van der Waals surface area contributed by atoms with Crippen LogP contribution in [0.15, 0.2) is 30.3 Å². The summed E-state index contributed by atoms with van der Waals surface area (Å²) >= 11 is 0. The van der Waals surface area contributed by atoms with Crippen molar-refractivity contribution in [3.05, 3.63) is 36.0 Å². The quantitative estimate of drug-likeness (QED) is 0.770. The molecule has 0 unspecified atom stereocenters. The van der Waals surface area contributed by atoms with Gasteiger partial charge in [-0.25, -0.2) is 4.79 Å². The van der Waals surface area contributed by atoms with Crippen LogP contribution in [0.5, 0.6) is 0 Å². The van der Waals surface area contributed by atoms with Crippen molar-refractivity contribution in [2.45, 2.75) is 25.5 Å². The van der Waals surface area contributed by atoms with Gasteiger partial charge < -0.3 is 18.8 Å². The number of rotatable bonds is 6. The summed E-state index contributed by atoms with van der Waals surface area (Å²) in [5, 5.41) is 1.03. The van der Waals surface area contributed by atoms with E-state index in [2.05, 4.69) is 0 Å². The average molecular weight is 303 g/mol. The molecule has 0 aliphatic carbocycles. The number of hydrogen-bond donors (Lipinski definition) is 0. The molecule has 0 bridgehead atoms. The molecule has 118 valence electrons. The third-order valence-electron chi connectivity index (χ3n) is 3.96. The van der Waals surface area contributed by atoms with Crippen LogP contribution >= 0.6 is 0 Å². The fraction of sp³-hybridized carbons (Fsp3) is 0.471. The molecule has 0 spiro atoms. The van der Waals surface area contributed by atoms with Gasteiger partial charge in [0.1, 0.15) is 12.3 Å². The van der Waals surface area contributed by atoms with Gasteiger partial charge in [-0.05, 0) is 25.0 Å². The lowest BCUT2D eigenvalue weighted by atomic mass is 10.2. The fourth-order valence-electron chi connectivity index (χ4n) is 2.82. The van der Waals surface area contributed by atoms with Gasteiger partial charge in [0.25, 0.3) is 0 Å². The Morgan fingerprint density at radius 3 is 3.05 bits per heavy atom. The van der Waals surface area contributed by atoms with Crippen molar-refractivity contribution < 1.29 is 19.0 Å². The number of methoxy groups -OCH3 is 1. The monoisotopic (exact) mass is 303 g/mol. The second-order valence-corrected chi connectivity index (χ2v) is 5.47. The van der Waals surface area contributed by atoms with Crippen molar-refractivity contribution in [3.8, 4) is 0 Å². The van der Waals surface area contributed by atoms with E-state index in [-0.39, 0.29) is 12.1 Å². The van der Waals surface area contributed by atoms with Gasteiger partial charge in [-0.2, -0.15) is 0 Å². The summed E-state index contributed by atoms with van der Waals surface area (Å²) in [6.07, 6.45) is 2.04. The van der Waals surface area contributed by atoms with Crippen LogP contribution < -0.4 is 0 Å². The molecule has 22 heavy (non-hydrogen) atoms. The first-order chi connectivity index (χ1) is 10.8. The first-order valence-electron chi connectivity index (χ1n) is 7.65. The zero-order valence-electron chi connectivity index (χ0n) is 12.8. The van der Waals surface area contributed by atoms with Crippen LogP contribution in [-0.2, 0) is 20.8 Å². The first-order valence-corrected chi connectivity index (χ1v) is 7.65. The zero-order chi connectivity index (χ0) is 15.4. The van der Waals surface area contributed by atoms with E-state index in [1.165, 1.54) is 0 Å². The lowest BCUT2D eigenvalue weighted by Gasteiger charge is -2.12. The maximum absolute atomic E-state index is 12.4. The highest BCUT2D eigenvalue weighted by Gasteiger charge is 2.21. The highest BCUT2D eigenvalue weighted by molar-refractivity contribution is 5.95. The lowest BCUT2D eigenvalue weighted by molar-refractivity contribution is 0.0152. The number of nitrogens with zero attached hydrogens (tertiary/aromatic N) is 1. The highest BCUT2D eigenvalue weighted by atomic mass is 16.6. The molecule has 2 aromatic rings. The molecule has 1 aliphatic heterocycles. The molecule has 1 saturated heterocycles. The molecule has 1 fully saturated rings. The Hall–Kier alpha value is -1.85. The van der Waals surface area contributed by atoms with E-state index in [0.29, 0.717) is 25.5 Å². The minimum atomic E-state index is -0.303. The summed E-state index contributed by atoms with van der Waals surface area (Å²) < 4.78 is 18.0. The second kappa shape index (κ2) is 6.94. The third kappa shape index (κ3) is 3.15. The second-order valence-electron chi connectivity index (χ2n) is 5.47. The molecule has 0 saturated carbocycles. The number of para-hydroxylation sites is 1. The zero-order valence-corrected chi connectivity index (χ0v) is 12.8. The predicted octanol–water partition coefficient (Wildman–Crippen LogP) is 2.62. The molecule has 1 aromatic carbocycles. The van der Waals surface area contributed by atoms with Gasteiger partial charge >= 0.3 is 5.97 Å². The summed E-state index contributed by atoms with van der Waals surface area (Å²) in [6.45, 7) is 2.25. The summed E-state index contributed by atoms with van der Waals surface area (Å²) in [6, 6.07) is 9.80. The maximum atomic E-state index is 12.4. The van der Waals surface area contributed by atoms with Crippen LogP contribution in [0, 0.1) is 0 Å². The van der Waals surface area contributed by atoms with Gasteiger partial charge in [0.05, 0.1) is 12.7 Å². The minimum absolute atomic E-state index is 0.0424. The summed E-state index contributed by atoms with van der Waals surface area (Å²) in [7, 11) is 1.65.